The van der Waals surface area contributed by atoms with Crippen LogP contribution in [0.1, 0.15) is 12.8 Å². The second-order valence-electron chi connectivity index (χ2n) is 1.53. The summed E-state index contributed by atoms with van der Waals surface area (Å²) in [7, 11) is 0. The van der Waals surface area contributed by atoms with E-state index in [1.807, 2.05) is 0 Å². The molecule has 48 valence electrons. The first-order valence-electron chi connectivity index (χ1n) is 2.50. The predicted molar refractivity (Wildman–Crippen MR) is 32.0 cm³/mol. The van der Waals surface area contributed by atoms with Gasteiger partial charge in [-0.3, -0.25) is 0 Å². The summed E-state index contributed by atoms with van der Waals surface area (Å²) in [6.07, 6.45) is 0.884. The number of hydrogen-bond acceptors (Lipinski definition) is 2. The average molecular weight is 137 g/mol. The van der Waals surface area contributed by atoms with Gasteiger partial charge in [0, 0.05) is 5.88 Å². The molecule has 8 heavy (non-hydrogen) atoms. The molecule has 1 N–H and O–H groups in total. The Morgan fingerprint density at radius 2 is 2.38 bits per heavy atom. The molecule has 0 aromatic rings. The smallest absolute Gasteiger partial charge is 0.148 e. The summed E-state index contributed by atoms with van der Waals surface area (Å²) >= 11 is 5.28. The Hall–Kier alpha value is -0.0800. The SMILES string of the molecule is O=CC(O)CCCCl. The summed E-state index contributed by atoms with van der Waals surface area (Å²) in [5.74, 6) is 0.505. The van der Waals surface area contributed by atoms with Crippen molar-refractivity contribution in [2.75, 3.05) is 5.88 Å². The van der Waals surface area contributed by atoms with E-state index in [-0.39, 0.29) is 0 Å². The van der Waals surface area contributed by atoms with Crippen LogP contribution in [0.15, 0.2) is 0 Å². The average Bonchev–Trinajstić information content (AvgIpc) is 1.83. The third kappa shape index (κ3) is 4.09. The number of rotatable bonds is 4. The van der Waals surface area contributed by atoms with Gasteiger partial charge in [0.1, 0.15) is 12.4 Å². The van der Waals surface area contributed by atoms with Crippen LogP contribution >= 0.6 is 11.6 Å². The fourth-order valence-electron chi connectivity index (χ4n) is 0.354. The largest absolute Gasteiger partial charge is 0.386 e. The molecule has 0 aliphatic heterocycles. The lowest BCUT2D eigenvalue weighted by molar-refractivity contribution is -0.115. The lowest BCUT2D eigenvalue weighted by Gasteiger charge is -1.96. The summed E-state index contributed by atoms with van der Waals surface area (Å²) in [6.45, 7) is 0. The van der Waals surface area contributed by atoms with Crippen LogP contribution in [0, 0.1) is 0 Å². The van der Waals surface area contributed by atoms with Crippen molar-refractivity contribution in [3.05, 3.63) is 0 Å². The van der Waals surface area contributed by atoms with Gasteiger partial charge in [0.2, 0.25) is 0 Å². The molecule has 0 saturated carbocycles. The van der Waals surface area contributed by atoms with E-state index in [0.717, 1.165) is 0 Å². The van der Waals surface area contributed by atoms with Crippen molar-refractivity contribution in [1.82, 2.24) is 0 Å². The molecular weight excluding hydrogens is 128 g/mol. The molecule has 1 unspecified atom stereocenters. The van der Waals surface area contributed by atoms with Gasteiger partial charge in [0.15, 0.2) is 0 Å². The van der Waals surface area contributed by atoms with E-state index < -0.39 is 6.10 Å². The minimum atomic E-state index is -0.811. The normalized spacial score (nSPS) is 13.2. The Labute approximate surface area is 53.5 Å². The van der Waals surface area contributed by atoms with E-state index >= 15 is 0 Å². The highest BCUT2D eigenvalue weighted by Crippen LogP contribution is 1.94. The molecule has 0 heterocycles. The molecule has 2 nitrogen and oxygen atoms in total. The standard InChI is InChI=1S/C5H9ClO2/c6-3-1-2-5(8)4-7/h4-5,8H,1-3H2. The molecule has 3 heteroatoms. The first kappa shape index (κ1) is 7.92. The minimum absolute atomic E-state index is 0.479. The monoisotopic (exact) mass is 136 g/mol. The zero-order valence-corrected chi connectivity index (χ0v) is 5.27. The van der Waals surface area contributed by atoms with Crippen LogP contribution < -0.4 is 0 Å². The molecule has 0 aliphatic rings. The van der Waals surface area contributed by atoms with Crippen molar-refractivity contribution in [3.8, 4) is 0 Å². The second-order valence-corrected chi connectivity index (χ2v) is 1.91. The van der Waals surface area contributed by atoms with Crippen molar-refractivity contribution >= 4 is 17.9 Å². The van der Waals surface area contributed by atoms with Gasteiger partial charge >= 0.3 is 0 Å². The van der Waals surface area contributed by atoms with Gasteiger partial charge in [-0.15, -0.1) is 11.6 Å². The number of aliphatic hydroxyl groups excluding tert-OH is 1. The van der Waals surface area contributed by atoms with Crippen LogP contribution in [0.4, 0.5) is 0 Å². The van der Waals surface area contributed by atoms with E-state index in [1.165, 1.54) is 0 Å². The van der Waals surface area contributed by atoms with E-state index in [4.69, 9.17) is 16.7 Å². The van der Waals surface area contributed by atoms with Crippen molar-refractivity contribution in [3.63, 3.8) is 0 Å². The molecular formula is C5H9ClO2. The highest BCUT2D eigenvalue weighted by Gasteiger charge is 1.97. The first-order chi connectivity index (χ1) is 3.81. The minimum Gasteiger partial charge on any atom is -0.386 e. The number of carbonyl (C=O) groups is 1. The number of alkyl halides is 1. The first-order valence-corrected chi connectivity index (χ1v) is 3.04. The molecule has 0 amide bonds. The summed E-state index contributed by atoms with van der Waals surface area (Å²) in [5, 5.41) is 8.56. The third-order valence-corrected chi connectivity index (χ3v) is 1.06. The van der Waals surface area contributed by atoms with Gasteiger partial charge in [-0.2, -0.15) is 0 Å². The maximum absolute atomic E-state index is 9.72. The molecule has 0 aromatic carbocycles. The van der Waals surface area contributed by atoms with Crippen molar-refractivity contribution in [2.45, 2.75) is 18.9 Å². The van der Waals surface area contributed by atoms with Crippen LogP contribution in [0.3, 0.4) is 0 Å². The van der Waals surface area contributed by atoms with Crippen LogP contribution in [-0.4, -0.2) is 23.4 Å². The maximum Gasteiger partial charge on any atom is 0.148 e. The molecule has 0 fully saturated rings. The fourth-order valence-corrected chi connectivity index (χ4v) is 0.509. The summed E-state index contributed by atoms with van der Waals surface area (Å²) in [4.78, 5) is 9.72. The van der Waals surface area contributed by atoms with Crippen molar-refractivity contribution < 1.29 is 9.90 Å². The van der Waals surface area contributed by atoms with E-state index in [0.29, 0.717) is 25.0 Å². The molecule has 1 atom stereocenters. The van der Waals surface area contributed by atoms with Gasteiger partial charge in [-0.05, 0) is 12.8 Å². The summed E-state index contributed by atoms with van der Waals surface area (Å²) in [6, 6.07) is 0. The summed E-state index contributed by atoms with van der Waals surface area (Å²) in [5.41, 5.74) is 0. The van der Waals surface area contributed by atoms with Crippen LogP contribution in [0.2, 0.25) is 0 Å². The van der Waals surface area contributed by atoms with E-state index in [2.05, 4.69) is 0 Å². The molecule has 0 radical (unpaired) electrons. The quantitative estimate of drug-likeness (QED) is 0.453. The number of aldehydes is 1. The Bertz CT molecular complexity index is 65.4. The maximum atomic E-state index is 9.72. The van der Waals surface area contributed by atoms with Crippen LogP contribution in [0.25, 0.3) is 0 Å². The van der Waals surface area contributed by atoms with Gasteiger partial charge in [-0.1, -0.05) is 0 Å². The van der Waals surface area contributed by atoms with Gasteiger partial charge in [-0.25, -0.2) is 0 Å². The molecule has 0 aromatic heterocycles. The number of halogens is 1. The Kier molecular flexibility index (Phi) is 5.01. The lowest BCUT2D eigenvalue weighted by Crippen LogP contribution is -2.06. The van der Waals surface area contributed by atoms with Gasteiger partial charge in [0.25, 0.3) is 0 Å². The highest BCUT2D eigenvalue weighted by atomic mass is 35.5. The molecule has 0 spiro atoms. The zero-order chi connectivity index (χ0) is 6.41. The second kappa shape index (κ2) is 5.06. The Balaban J connectivity index is 2.98. The number of aliphatic hydroxyl groups is 1. The lowest BCUT2D eigenvalue weighted by atomic mass is 10.2. The zero-order valence-electron chi connectivity index (χ0n) is 4.51. The fraction of sp³-hybridized carbons (Fsp3) is 0.800. The number of hydrogen-bond donors (Lipinski definition) is 1. The van der Waals surface area contributed by atoms with Gasteiger partial charge in [0.05, 0.1) is 0 Å². The molecule has 0 rings (SSSR count). The Morgan fingerprint density at radius 1 is 1.75 bits per heavy atom. The molecule has 0 saturated heterocycles. The summed E-state index contributed by atoms with van der Waals surface area (Å²) < 4.78 is 0. The van der Waals surface area contributed by atoms with Crippen LogP contribution in [-0.2, 0) is 4.79 Å². The number of carbonyl (C=O) groups excluding carboxylic acids is 1. The molecule has 0 bridgehead atoms. The molecule has 0 aliphatic carbocycles. The van der Waals surface area contributed by atoms with Crippen LogP contribution in [0.5, 0.6) is 0 Å². The Morgan fingerprint density at radius 3 is 2.75 bits per heavy atom. The topological polar surface area (TPSA) is 37.3 Å². The van der Waals surface area contributed by atoms with Crippen molar-refractivity contribution in [1.29, 1.82) is 0 Å². The van der Waals surface area contributed by atoms with E-state index in [9.17, 15) is 4.79 Å². The van der Waals surface area contributed by atoms with Crippen molar-refractivity contribution in [2.24, 2.45) is 0 Å². The van der Waals surface area contributed by atoms with E-state index in [1.54, 1.807) is 0 Å². The van der Waals surface area contributed by atoms with Gasteiger partial charge < -0.3 is 9.90 Å². The predicted octanol–water partition coefficient (Wildman–Crippen LogP) is 0.565. The third-order valence-electron chi connectivity index (χ3n) is 0.791. The highest BCUT2D eigenvalue weighted by molar-refractivity contribution is 6.17.